The molecule has 0 bridgehead atoms. The van der Waals surface area contributed by atoms with Gasteiger partial charge in [0.25, 0.3) is 0 Å². The minimum absolute atomic E-state index is 0.223. The Morgan fingerprint density at radius 1 is 1.35 bits per heavy atom. The molecule has 1 aromatic heterocycles. The van der Waals surface area contributed by atoms with E-state index in [0.29, 0.717) is 5.56 Å². The third-order valence-electron chi connectivity index (χ3n) is 3.16. The minimum atomic E-state index is -0.334. The Labute approximate surface area is 100 Å². The molecule has 2 aromatic rings. The molecule has 4 heteroatoms. The maximum atomic E-state index is 13.5. The van der Waals surface area contributed by atoms with Gasteiger partial charge in [-0.2, -0.15) is 5.10 Å². The van der Waals surface area contributed by atoms with E-state index in [4.69, 9.17) is 5.73 Å². The van der Waals surface area contributed by atoms with E-state index >= 15 is 0 Å². The second-order valence-corrected chi connectivity index (χ2v) is 4.30. The van der Waals surface area contributed by atoms with Gasteiger partial charge in [0.05, 0.1) is 12.2 Å². The number of hydrogen-bond acceptors (Lipinski definition) is 2. The molecule has 2 rings (SSSR count). The van der Waals surface area contributed by atoms with Gasteiger partial charge in [-0.25, -0.2) is 4.39 Å². The number of benzene rings is 1. The largest absolute Gasteiger partial charge is 0.320 e. The second kappa shape index (κ2) is 4.30. The Kier molecular flexibility index (Phi) is 2.98. The van der Waals surface area contributed by atoms with E-state index in [2.05, 4.69) is 5.10 Å². The molecule has 0 aliphatic rings. The highest BCUT2D eigenvalue weighted by Gasteiger charge is 2.15. The molecular formula is C13H16FN3. The number of rotatable bonds is 2. The van der Waals surface area contributed by atoms with Gasteiger partial charge < -0.3 is 5.73 Å². The van der Waals surface area contributed by atoms with Gasteiger partial charge >= 0.3 is 0 Å². The summed E-state index contributed by atoms with van der Waals surface area (Å²) in [6.45, 7) is 3.69. The molecular weight excluding hydrogens is 217 g/mol. The van der Waals surface area contributed by atoms with Gasteiger partial charge in [0.15, 0.2) is 0 Å². The fourth-order valence-electron chi connectivity index (χ4n) is 1.80. The second-order valence-electron chi connectivity index (χ2n) is 4.30. The third kappa shape index (κ3) is 2.08. The maximum absolute atomic E-state index is 13.5. The lowest BCUT2D eigenvalue weighted by molar-refractivity contribution is 0.614. The predicted molar refractivity (Wildman–Crippen MR) is 65.1 cm³/mol. The first-order valence-corrected chi connectivity index (χ1v) is 5.51. The summed E-state index contributed by atoms with van der Waals surface area (Å²) >= 11 is 0. The first-order chi connectivity index (χ1) is 8.00. The summed E-state index contributed by atoms with van der Waals surface area (Å²) < 4.78 is 15.2. The van der Waals surface area contributed by atoms with Crippen LogP contribution in [-0.2, 0) is 7.05 Å². The van der Waals surface area contributed by atoms with Crippen LogP contribution in [0.5, 0.6) is 0 Å². The third-order valence-corrected chi connectivity index (χ3v) is 3.16. The van der Waals surface area contributed by atoms with Crippen LogP contribution in [0.1, 0.15) is 28.4 Å². The van der Waals surface area contributed by atoms with E-state index in [9.17, 15) is 4.39 Å². The van der Waals surface area contributed by atoms with Crippen LogP contribution in [0.15, 0.2) is 24.4 Å². The molecule has 1 atom stereocenters. The molecule has 0 fully saturated rings. The Hall–Kier alpha value is -1.68. The fraction of sp³-hybridized carbons (Fsp3) is 0.308. The van der Waals surface area contributed by atoms with Gasteiger partial charge in [-0.15, -0.1) is 0 Å². The first kappa shape index (κ1) is 11.8. The molecule has 0 spiro atoms. The van der Waals surface area contributed by atoms with Crippen LogP contribution < -0.4 is 5.73 Å². The summed E-state index contributed by atoms with van der Waals surface area (Å²) in [6, 6.07) is 4.76. The highest BCUT2D eigenvalue weighted by atomic mass is 19.1. The van der Waals surface area contributed by atoms with Crippen molar-refractivity contribution < 1.29 is 4.39 Å². The maximum Gasteiger partial charge on any atom is 0.126 e. The smallest absolute Gasteiger partial charge is 0.126 e. The Balaban J connectivity index is 2.40. The summed E-state index contributed by atoms with van der Waals surface area (Å²) in [4.78, 5) is 0. The van der Waals surface area contributed by atoms with E-state index < -0.39 is 0 Å². The topological polar surface area (TPSA) is 43.8 Å². The molecule has 0 aliphatic carbocycles. The fourth-order valence-corrected chi connectivity index (χ4v) is 1.80. The molecule has 2 N–H and O–H groups in total. The van der Waals surface area contributed by atoms with Crippen LogP contribution in [0.25, 0.3) is 0 Å². The average molecular weight is 233 g/mol. The molecule has 0 saturated heterocycles. The van der Waals surface area contributed by atoms with Crippen LogP contribution in [0.2, 0.25) is 0 Å². The molecule has 0 saturated carbocycles. The average Bonchev–Trinajstić information content (AvgIpc) is 2.63. The molecule has 0 aliphatic heterocycles. The molecule has 0 radical (unpaired) electrons. The number of nitrogens with zero attached hydrogens (tertiary/aromatic N) is 2. The molecule has 1 aromatic carbocycles. The van der Waals surface area contributed by atoms with E-state index in [-0.39, 0.29) is 11.9 Å². The lowest BCUT2D eigenvalue weighted by atomic mass is 9.99. The number of nitrogens with two attached hydrogens (primary N) is 1. The van der Waals surface area contributed by atoms with E-state index in [1.54, 1.807) is 23.9 Å². The van der Waals surface area contributed by atoms with Crippen molar-refractivity contribution in [3.05, 3.63) is 52.6 Å². The minimum Gasteiger partial charge on any atom is -0.320 e. The van der Waals surface area contributed by atoms with Crippen molar-refractivity contribution in [3.8, 4) is 0 Å². The SMILES string of the molecule is Cc1ccc(C(N)c2cnn(C)c2C)cc1F. The summed E-state index contributed by atoms with van der Waals surface area (Å²) in [5, 5.41) is 4.15. The van der Waals surface area contributed by atoms with Crippen LogP contribution >= 0.6 is 0 Å². The van der Waals surface area contributed by atoms with Crippen LogP contribution in [0, 0.1) is 19.7 Å². The van der Waals surface area contributed by atoms with Gasteiger partial charge in [-0.3, -0.25) is 4.68 Å². The van der Waals surface area contributed by atoms with E-state index in [1.807, 2.05) is 20.0 Å². The Bertz CT molecular complexity index is 546. The zero-order valence-electron chi connectivity index (χ0n) is 10.2. The van der Waals surface area contributed by atoms with Crippen molar-refractivity contribution in [2.75, 3.05) is 0 Å². The van der Waals surface area contributed by atoms with Crippen LogP contribution in [-0.4, -0.2) is 9.78 Å². The summed E-state index contributed by atoms with van der Waals surface area (Å²) in [7, 11) is 1.86. The zero-order valence-corrected chi connectivity index (χ0v) is 10.2. The highest BCUT2D eigenvalue weighted by Crippen LogP contribution is 2.23. The molecule has 1 unspecified atom stereocenters. The summed E-state index contributed by atoms with van der Waals surface area (Å²) in [6.07, 6.45) is 1.73. The van der Waals surface area contributed by atoms with Gasteiger partial charge in [0.1, 0.15) is 5.82 Å². The van der Waals surface area contributed by atoms with Crippen molar-refractivity contribution in [1.29, 1.82) is 0 Å². The summed E-state index contributed by atoms with van der Waals surface area (Å²) in [5.41, 5.74) is 9.45. The van der Waals surface area contributed by atoms with Crippen molar-refractivity contribution in [3.63, 3.8) is 0 Å². The van der Waals surface area contributed by atoms with E-state index in [1.165, 1.54) is 6.07 Å². The number of hydrogen-bond donors (Lipinski definition) is 1. The molecule has 0 amide bonds. The number of aryl methyl sites for hydroxylation is 2. The Morgan fingerprint density at radius 2 is 2.06 bits per heavy atom. The highest BCUT2D eigenvalue weighted by molar-refractivity contribution is 5.34. The normalized spacial score (nSPS) is 12.8. The van der Waals surface area contributed by atoms with Gasteiger partial charge in [0.2, 0.25) is 0 Å². The lowest BCUT2D eigenvalue weighted by Gasteiger charge is -2.12. The monoisotopic (exact) mass is 233 g/mol. The molecule has 90 valence electrons. The molecule has 17 heavy (non-hydrogen) atoms. The quantitative estimate of drug-likeness (QED) is 0.864. The van der Waals surface area contributed by atoms with Crippen molar-refractivity contribution in [2.45, 2.75) is 19.9 Å². The van der Waals surface area contributed by atoms with Gasteiger partial charge in [0, 0.05) is 18.3 Å². The van der Waals surface area contributed by atoms with E-state index in [0.717, 1.165) is 16.8 Å². The van der Waals surface area contributed by atoms with Crippen LogP contribution in [0.3, 0.4) is 0 Å². The van der Waals surface area contributed by atoms with Gasteiger partial charge in [-0.05, 0) is 31.0 Å². The molecule has 1 heterocycles. The van der Waals surface area contributed by atoms with Gasteiger partial charge in [-0.1, -0.05) is 12.1 Å². The standard InChI is InChI=1S/C13H16FN3/c1-8-4-5-10(6-12(8)14)13(15)11-7-16-17(3)9(11)2/h4-7,13H,15H2,1-3H3. The number of halogens is 1. The number of aromatic nitrogens is 2. The zero-order chi connectivity index (χ0) is 12.6. The lowest BCUT2D eigenvalue weighted by Crippen LogP contribution is -2.13. The van der Waals surface area contributed by atoms with Crippen molar-refractivity contribution >= 4 is 0 Å². The Morgan fingerprint density at radius 3 is 2.59 bits per heavy atom. The molecule has 3 nitrogen and oxygen atoms in total. The summed E-state index contributed by atoms with van der Waals surface area (Å²) in [5.74, 6) is -0.223. The van der Waals surface area contributed by atoms with Crippen LogP contribution in [0.4, 0.5) is 4.39 Å². The predicted octanol–water partition coefficient (Wildman–Crippen LogP) is 2.22. The van der Waals surface area contributed by atoms with Crippen molar-refractivity contribution in [1.82, 2.24) is 9.78 Å². The first-order valence-electron chi connectivity index (χ1n) is 5.51. The van der Waals surface area contributed by atoms with Crippen molar-refractivity contribution in [2.24, 2.45) is 12.8 Å².